The monoisotopic (exact) mass is 409 g/mol. The lowest BCUT2D eigenvalue weighted by atomic mass is 9.97. The van der Waals surface area contributed by atoms with Crippen molar-refractivity contribution in [2.45, 2.75) is 19.3 Å². The molecule has 2 aliphatic rings. The van der Waals surface area contributed by atoms with Crippen molar-refractivity contribution in [3.05, 3.63) is 24.4 Å². The Morgan fingerprint density at radius 2 is 1.89 bits per heavy atom. The van der Waals surface area contributed by atoms with Crippen LogP contribution in [-0.2, 0) is 10.0 Å². The van der Waals surface area contributed by atoms with E-state index in [1.165, 1.54) is 17.1 Å². The molecule has 3 heterocycles. The standard InChI is InChI=1S/C20H35N5O2S/c1-22(2)28(26,27)16-6-11-23-10-5-7-19(17-23)18-24-12-14-25(15-13-24)20-8-3-4-9-21-20/h3-4,8-9,19H,5-7,10-18H2,1-2H3. The van der Waals surface area contributed by atoms with Crippen molar-refractivity contribution >= 4 is 15.8 Å². The molecule has 8 heteroatoms. The fourth-order valence-electron chi connectivity index (χ4n) is 4.22. The minimum atomic E-state index is -3.07. The maximum absolute atomic E-state index is 11.9. The first-order chi connectivity index (χ1) is 13.4. The molecule has 1 atom stereocenters. The second-order valence-corrected chi connectivity index (χ2v) is 10.5. The average Bonchev–Trinajstić information content (AvgIpc) is 2.69. The molecule has 1 aromatic rings. The minimum absolute atomic E-state index is 0.247. The van der Waals surface area contributed by atoms with Gasteiger partial charge in [-0.15, -0.1) is 0 Å². The first-order valence-electron chi connectivity index (χ1n) is 10.4. The predicted octanol–water partition coefficient (Wildman–Crippen LogP) is 1.20. The van der Waals surface area contributed by atoms with Crippen LogP contribution < -0.4 is 4.90 Å². The van der Waals surface area contributed by atoms with Crippen molar-refractivity contribution in [1.82, 2.24) is 19.1 Å². The lowest BCUT2D eigenvalue weighted by molar-refractivity contribution is 0.129. The summed E-state index contributed by atoms with van der Waals surface area (Å²) in [4.78, 5) is 11.9. The zero-order valence-corrected chi connectivity index (χ0v) is 18.1. The Balaban J connectivity index is 1.38. The first kappa shape index (κ1) is 21.5. The van der Waals surface area contributed by atoms with E-state index in [9.17, 15) is 8.42 Å². The number of pyridine rings is 1. The van der Waals surface area contributed by atoms with Gasteiger partial charge in [0.25, 0.3) is 0 Å². The number of piperidine rings is 1. The van der Waals surface area contributed by atoms with E-state index in [1.807, 2.05) is 12.3 Å². The number of hydrogen-bond donors (Lipinski definition) is 0. The van der Waals surface area contributed by atoms with Gasteiger partial charge in [-0.25, -0.2) is 17.7 Å². The minimum Gasteiger partial charge on any atom is -0.354 e. The summed E-state index contributed by atoms with van der Waals surface area (Å²) in [6.07, 6.45) is 5.09. The van der Waals surface area contributed by atoms with Gasteiger partial charge in [0.1, 0.15) is 5.82 Å². The first-order valence-corrected chi connectivity index (χ1v) is 12.1. The molecular weight excluding hydrogens is 374 g/mol. The Labute approximate surface area is 170 Å². The highest BCUT2D eigenvalue weighted by Gasteiger charge is 2.25. The third-order valence-corrected chi connectivity index (χ3v) is 7.82. The summed E-state index contributed by atoms with van der Waals surface area (Å²) in [6.45, 7) is 8.50. The van der Waals surface area contributed by atoms with Gasteiger partial charge in [-0.05, 0) is 50.4 Å². The van der Waals surface area contributed by atoms with E-state index in [1.54, 1.807) is 14.1 Å². The van der Waals surface area contributed by atoms with Gasteiger partial charge < -0.3 is 9.80 Å². The van der Waals surface area contributed by atoms with Crippen LogP contribution in [-0.4, -0.2) is 99.7 Å². The van der Waals surface area contributed by atoms with Crippen LogP contribution in [0.4, 0.5) is 5.82 Å². The fraction of sp³-hybridized carbons (Fsp3) is 0.750. The van der Waals surface area contributed by atoms with Crippen LogP contribution in [0.2, 0.25) is 0 Å². The molecule has 28 heavy (non-hydrogen) atoms. The summed E-state index contributed by atoms with van der Waals surface area (Å²) in [5, 5.41) is 0. The van der Waals surface area contributed by atoms with Crippen LogP contribution in [0, 0.1) is 5.92 Å². The van der Waals surface area contributed by atoms with Crippen molar-refractivity contribution in [3.8, 4) is 0 Å². The second kappa shape index (κ2) is 10.0. The summed E-state index contributed by atoms with van der Waals surface area (Å²) in [5.74, 6) is 2.02. The summed E-state index contributed by atoms with van der Waals surface area (Å²) in [7, 11) is 0.147. The van der Waals surface area contributed by atoms with Gasteiger partial charge >= 0.3 is 0 Å². The van der Waals surface area contributed by atoms with E-state index >= 15 is 0 Å². The second-order valence-electron chi connectivity index (χ2n) is 8.24. The van der Waals surface area contributed by atoms with Crippen molar-refractivity contribution < 1.29 is 8.42 Å². The molecule has 3 rings (SSSR count). The van der Waals surface area contributed by atoms with Crippen molar-refractivity contribution in [1.29, 1.82) is 0 Å². The number of rotatable bonds is 8. The summed E-state index contributed by atoms with van der Waals surface area (Å²) < 4.78 is 25.2. The zero-order valence-electron chi connectivity index (χ0n) is 17.3. The molecule has 0 aromatic carbocycles. The summed E-state index contributed by atoms with van der Waals surface area (Å²) in [6, 6.07) is 6.10. The Morgan fingerprint density at radius 1 is 1.11 bits per heavy atom. The molecule has 0 amide bonds. The van der Waals surface area contributed by atoms with E-state index in [2.05, 4.69) is 31.8 Å². The van der Waals surface area contributed by atoms with E-state index in [0.29, 0.717) is 5.92 Å². The molecule has 7 nitrogen and oxygen atoms in total. The topological polar surface area (TPSA) is 60.0 Å². The predicted molar refractivity (Wildman–Crippen MR) is 114 cm³/mol. The molecular formula is C20H35N5O2S. The summed E-state index contributed by atoms with van der Waals surface area (Å²) >= 11 is 0. The average molecular weight is 410 g/mol. The quantitative estimate of drug-likeness (QED) is 0.643. The SMILES string of the molecule is CN(C)S(=O)(=O)CCCN1CCCC(CN2CCN(c3ccccn3)CC2)C1. The van der Waals surface area contributed by atoms with Crippen LogP contribution in [0.1, 0.15) is 19.3 Å². The van der Waals surface area contributed by atoms with Crippen LogP contribution >= 0.6 is 0 Å². The van der Waals surface area contributed by atoms with Gasteiger partial charge in [-0.1, -0.05) is 6.07 Å². The number of aromatic nitrogens is 1. The van der Waals surface area contributed by atoms with Gasteiger partial charge in [-0.3, -0.25) is 4.90 Å². The van der Waals surface area contributed by atoms with Crippen LogP contribution in [0.5, 0.6) is 0 Å². The molecule has 2 fully saturated rings. The van der Waals surface area contributed by atoms with Crippen molar-refractivity contribution in [2.24, 2.45) is 5.92 Å². The van der Waals surface area contributed by atoms with Crippen LogP contribution in [0.25, 0.3) is 0 Å². The molecule has 0 saturated carbocycles. The van der Waals surface area contributed by atoms with Gasteiger partial charge in [0.05, 0.1) is 5.75 Å². The largest absolute Gasteiger partial charge is 0.354 e. The van der Waals surface area contributed by atoms with Gasteiger partial charge in [-0.2, -0.15) is 0 Å². The van der Waals surface area contributed by atoms with Crippen LogP contribution in [0.3, 0.4) is 0 Å². The molecule has 0 aliphatic carbocycles. The van der Waals surface area contributed by atoms with Crippen molar-refractivity contribution in [2.75, 3.05) is 77.1 Å². The van der Waals surface area contributed by atoms with Gasteiger partial charge in [0.2, 0.25) is 10.0 Å². The molecule has 0 N–H and O–H groups in total. The lowest BCUT2D eigenvalue weighted by Gasteiger charge is -2.39. The molecule has 0 spiro atoms. The molecule has 0 radical (unpaired) electrons. The fourth-order valence-corrected chi connectivity index (χ4v) is 5.08. The molecule has 158 valence electrons. The molecule has 2 saturated heterocycles. The highest BCUT2D eigenvalue weighted by atomic mass is 32.2. The number of piperazine rings is 1. The Hall–Kier alpha value is -1.22. The number of likely N-dealkylation sites (tertiary alicyclic amines) is 1. The normalized spacial score (nSPS) is 22.7. The molecule has 1 unspecified atom stereocenters. The van der Waals surface area contributed by atoms with E-state index in [0.717, 1.165) is 64.6 Å². The maximum atomic E-state index is 11.9. The smallest absolute Gasteiger partial charge is 0.213 e. The number of anilines is 1. The number of nitrogens with zero attached hydrogens (tertiary/aromatic N) is 5. The zero-order chi connectivity index (χ0) is 20.0. The Kier molecular flexibility index (Phi) is 7.68. The van der Waals surface area contributed by atoms with E-state index in [-0.39, 0.29) is 5.75 Å². The number of hydrogen-bond acceptors (Lipinski definition) is 6. The van der Waals surface area contributed by atoms with Crippen LogP contribution in [0.15, 0.2) is 24.4 Å². The molecule has 1 aromatic heterocycles. The molecule has 0 bridgehead atoms. The van der Waals surface area contributed by atoms with E-state index < -0.39 is 10.0 Å². The van der Waals surface area contributed by atoms with Crippen molar-refractivity contribution in [3.63, 3.8) is 0 Å². The van der Waals surface area contributed by atoms with Gasteiger partial charge in [0, 0.05) is 59.6 Å². The number of sulfonamides is 1. The summed E-state index contributed by atoms with van der Waals surface area (Å²) in [5.41, 5.74) is 0. The van der Waals surface area contributed by atoms with Gasteiger partial charge in [0.15, 0.2) is 0 Å². The Morgan fingerprint density at radius 3 is 2.57 bits per heavy atom. The highest BCUT2D eigenvalue weighted by molar-refractivity contribution is 7.89. The third kappa shape index (κ3) is 6.14. The highest BCUT2D eigenvalue weighted by Crippen LogP contribution is 2.20. The molecule has 2 aliphatic heterocycles. The lowest BCUT2D eigenvalue weighted by Crippen LogP contribution is -2.50. The van der Waals surface area contributed by atoms with E-state index in [4.69, 9.17) is 0 Å². The maximum Gasteiger partial charge on any atom is 0.213 e. The Bertz CT molecular complexity index is 690. The third-order valence-electron chi connectivity index (χ3n) is 5.90.